The van der Waals surface area contributed by atoms with E-state index in [2.05, 4.69) is 42.7 Å². The summed E-state index contributed by atoms with van der Waals surface area (Å²) in [6, 6.07) is 6.64. The molecule has 1 aliphatic rings. The molecule has 2 N–H and O–H groups in total. The molecule has 0 spiro atoms. The van der Waals surface area contributed by atoms with Gasteiger partial charge in [0, 0.05) is 18.8 Å². The molecule has 2 heteroatoms. The maximum Gasteiger partial charge on any atom is 0.0419 e. The molecule has 1 aliphatic heterocycles. The highest BCUT2D eigenvalue weighted by molar-refractivity contribution is 5.61. The van der Waals surface area contributed by atoms with Crippen molar-refractivity contribution in [1.29, 1.82) is 0 Å². The Balaban J connectivity index is 1.78. The van der Waals surface area contributed by atoms with Gasteiger partial charge in [-0.1, -0.05) is 32.0 Å². The lowest BCUT2D eigenvalue weighted by Gasteiger charge is -2.10. The topological polar surface area (TPSA) is 24.1 Å². The highest BCUT2D eigenvalue weighted by Crippen LogP contribution is 2.26. The summed E-state index contributed by atoms with van der Waals surface area (Å²) in [4.78, 5) is 0. The minimum Gasteiger partial charge on any atom is -0.384 e. The van der Waals surface area contributed by atoms with Crippen LogP contribution in [0.1, 0.15) is 37.8 Å². The molecule has 0 saturated heterocycles. The maximum absolute atomic E-state index is 3.55. The lowest BCUT2D eigenvalue weighted by atomic mass is 10.1. The van der Waals surface area contributed by atoms with Gasteiger partial charge in [0.1, 0.15) is 0 Å². The van der Waals surface area contributed by atoms with Gasteiger partial charge in [0.25, 0.3) is 0 Å². The van der Waals surface area contributed by atoms with Crippen molar-refractivity contribution in [3.05, 3.63) is 29.3 Å². The number of hydrogen-bond acceptors (Lipinski definition) is 2. The minimum absolute atomic E-state index is 0.819. The molecular formula is C15H24N2. The first-order valence-corrected chi connectivity index (χ1v) is 6.82. The van der Waals surface area contributed by atoms with Crippen LogP contribution in [-0.4, -0.2) is 13.1 Å². The zero-order chi connectivity index (χ0) is 12.1. The molecule has 0 aliphatic carbocycles. The van der Waals surface area contributed by atoms with Crippen LogP contribution in [0, 0.1) is 5.92 Å². The van der Waals surface area contributed by atoms with Crippen LogP contribution in [0.5, 0.6) is 0 Å². The zero-order valence-electron chi connectivity index (χ0n) is 11.1. The average Bonchev–Trinajstić information content (AvgIpc) is 2.77. The van der Waals surface area contributed by atoms with Gasteiger partial charge >= 0.3 is 0 Å². The van der Waals surface area contributed by atoms with Crippen LogP contribution < -0.4 is 10.6 Å². The van der Waals surface area contributed by atoms with E-state index in [4.69, 9.17) is 0 Å². The third-order valence-corrected chi connectivity index (χ3v) is 3.38. The van der Waals surface area contributed by atoms with Crippen molar-refractivity contribution >= 4 is 5.69 Å². The highest BCUT2D eigenvalue weighted by atomic mass is 14.9. The number of para-hydroxylation sites is 1. The molecule has 1 aromatic carbocycles. The molecule has 0 atom stereocenters. The molecule has 1 heterocycles. The lowest BCUT2D eigenvalue weighted by molar-refractivity contribution is 0.527. The van der Waals surface area contributed by atoms with E-state index in [-0.39, 0.29) is 0 Å². The molecule has 17 heavy (non-hydrogen) atoms. The Kier molecular flexibility index (Phi) is 4.43. The van der Waals surface area contributed by atoms with Crippen molar-refractivity contribution in [2.45, 2.75) is 39.7 Å². The zero-order valence-corrected chi connectivity index (χ0v) is 11.1. The van der Waals surface area contributed by atoms with Crippen molar-refractivity contribution in [2.75, 3.05) is 18.4 Å². The van der Waals surface area contributed by atoms with E-state index in [0.29, 0.717) is 0 Å². The summed E-state index contributed by atoms with van der Waals surface area (Å²) >= 11 is 0. The quantitative estimate of drug-likeness (QED) is 0.736. The fourth-order valence-electron chi connectivity index (χ4n) is 2.42. The van der Waals surface area contributed by atoms with Gasteiger partial charge in [-0.15, -0.1) is 0 Å². The Morgan fingerprint density at radius 3 is 3.06 bits per heavy atom. The first-order chi connectivity index (χ1) is 8.27. The van der Waals surface area contributed by atoms with Gasteiger partial charge in [-0.05, 0) is 42.9 Å². The Morgan fingerprint density at radius 2 is 2.24 bits per heavy atom. The average molecular weight is 232 g/mol. The smallest absolute Gasteiger partial charge is 0.0419 e. The third kappa shape index (κ3) is 3.47. The highest BCUT2D eigenvalue weighted by Gasteiger charge is 2.12. The molecule has 0 bridgehead atoms. The molecule has 0 aromatic heterocycles. The van der Waals surface area contributed by atoms with Gasteiger partial charge in [-0.3, -0.25) is 0 Å². The standard InChI is InChI=1S/C15H24N2/c1-12(2)5-4-9-16-11-14-7-3-6-13-8-10-17-15(13)14/h3,6-7,12,16-17H,4-5,8-11H2,1-2H3. The monoisotopic (exact) mass is 232 g/mol. The molecule has 2 nitrogen and oxygen atoms in total. The summed E-state index contributed by atoms with van der Waals surface area (Å²) < 4.78 is 0. The first kappa shape index (κ1) is 12.4. The second-order valence-corrected chi connectivity index (χ2v) is 5.34. The van der Waals surface area contributed by atoms with Crippen LogP contribution in [0.4, 0.5) is 5.69 Å². The summed E-state index contributed by atoms with van der Waals surface area (Å²) in [5.74, 6) is 0.819. The molecule has 0 saturated carbocycles. The molecule has 0 fully saturated rings. The van der Waals surface area contributed by atoms with Crippen LogP contribution in [0.25, 0.3) is 0 Å². The Hall–Kier alpha value is -1.02. The number of benzene rings is 1. The van der Waals surface area contributed by atoms with Gasteiger partial charge in [0.2, 0.25) is 0 Å². The first-order valence-electron chi connectivity index (χ1n) is 6.82. The van der Waals surface area contributed by atoms with E-state index in [0.717, 1.165) is 25.6 Å². The van der Waals surface area contributed by atoms with Crippen LogP contribution in [0.3, 0.4) is 0 Å². The fourth-order valence-corrected chi connectivity index (χ4v) is 2.42. The van der Waals surface area contributed by atoms with Gasteiger partial charge in [-0.25, -0.2) is 0 Å². The predicted octanol–water partition coefficient (Wildman–Crippen LogP) is 3.18. The summed E-state index contributed by atoms with van der Waals surface area (Å²) in [5, 5.41) is 7.03. The van der Waals surface area contributed by atoms with E-state index in [9.17, 15) is 0 Å². The summed E-state index contributed by atoms with van der Waals surface area (Å²) in [7, 11) is 0. The van der Waals surface area contributed by atoms with E-state index >= 15 is 0 Å². The Morgan fingerprint density at radius 1 is 1.35 bits per heavy atom. The number of anilines is 1. The van der Waals surface area contributed by atoms with E-state index in [1.165, 1.54) is 36.1 Å². The minimum atomic E-state index is 0.819. The van der Waals surface area contributed by atoms with Crippen molar-refractivity contribution in [1.82, 2.24) is 5.32 Å². The Labute approximate surface area is 105 Å². The summed E-state index contributed by atoms with van der Waals surface area (Å²) in [5.41, 5.74) is 4.28. The lowest BCUT2D eigenvalue weighted by Crippen LogP contribution is -2.16. The van der Waals surface area contributed by atoms with Gasteiger partial charge < -0.3 is 10.6 Å². The number of nitrogens with one attached hydrogen (secondary N) is 2. The van der Waals surface area contributed by atoms with Crippen LogP contribution in [-0.2, 0) is 13.0 Å². The normalized spacial score (nSPS) is 13.8. The van der Waals surface area contributed by atoms with Crippen molar-refractivity contribution in [2.24, 2.45) is 5.92 Å². The fraction of sp³-hybridized carbons (Fsp3) is 0.600. The van der Waals surface area contributed by atoms with E-state index in [1.54, 1.807) is 0 Å². The number of fused-ring (bicyclic) bond motifs is 1. The van der Waals surface area contributed by atoms with Gasteiger partial charge in [-0.2, -0.15) is 0 Å². The molecule has 94 valence electrons. The number of hydrogen-bond donors (Lipinski definition) is 2. The maximum atomic E-state index is 3.55. The van der Waals surface area contributed by atoms with E-state index < -0.39 is 0 Å². The summed E-state index contributed by atoms with van der Waals surface area (Å²) in [6.45, 7) is 7.79. The molecule has 0 amide bonds. The third-order valence-electron chi connectivity index (χ3n) is 3.38. The molecule has 0 unspecified atom stereocenters. The molecule has 0 radical (unpaired) electrons. The molecule has 2 rings (SSSR count). The van der Waals surface area contributed by atoms with E-state index in [1.807, 2.05) is 0 Å². The second kappa shape index (κ2) is 6.06. The van der Waals surface area contributed by atoms with Crippen molar-refractivity contribution < 1.29 is 0 Å². The van der Waals surface area contributed by atoms with Crippen molar-refractivity contribution in [3.63, 3.8) is 0 Å². The largest absolute Gasteiger partial charge is 0.384 e. The van der Waals surface area contributed by atoms with Crippen LogP contribution in [0.2, 0.25) is 0 Å². The second-order valence-electron chi connectivity index (χ2n) is 5.34. The predicted molar refractivity (Wildman–Crippen MR) is 74.4 cm³/mol. The number of rotatable bonds is 6. The van der Waals surface area contributed by atoms with Gasteiger partial charge in [0.05, 0.1) is 0 Å². The summed E-state index contributed by atoms with van der Waals surface area (Å²) in [6.07, 6.45) is 3.77. The van der Waals surface area contributed by atoms with Crippen LogP contribution >= 0.6 is 0 Å². The van der Waals surface area contributed by atoms with Crippen molar-refractivity contribution in [3.8, 4) is 0 Å². The van der Waals surface area contributed by atoms with Crippen LogP contribution in [0.15, 0.2) is 18.2 Å². The Bertz CT molecular complexity index is 358. The molecule has 1 aromatic rings. The SMILES string of the molecule is CC(C)CCCNCc1cccc2c1NCC2. The van der Waals surface area contributed by atoms with Gasteiger partial charge in [0.15, 0.2) is 0 Å². The molecular weight excluding hydrogens is 208 g/mol.